The summed E-state index contributed by atoms with van der Waals surface area (Å²) in [5.41, 5.74) is 0.574. The van der Waals surface area contributed by atoms with Gasteiger partial charge in [-0.3, -0.25) is 14.9 Å². The maximum Gasteiger partial charge on any atom is 0.327 e. The third-order valence-corrected chi connectivity index (χ3v) is 3.35. The number of carbonyl (C=O) groups excluding carboxylic acids is 1. The van der Waals surface area contributed by atoms with Crippen LogP contribution in [0.4, 0.5) is 5.69 Å². The maximum absolute atomic E-state index is 12.2. The smallest absolute Gasteiger partial charge is 0.327 e. The van der Waals surface area contributed by atoms with Gasteiger partial charge in [-0.25, -0.2) is 4.79 Å². The molecule has 1 heterocycles. The Morgan fingerprint density at radius 3 is 2.62 bits per heavy atom. The zero-order valence-electron chi connectivity index (χ0n) is 11.2. The van der Waals surface area contributed by atoms with Gasteiger partial charge in [0.1, 0.15) is 6.04 Å². The topological polar surface area (TPSA) is 113 Å². The van der Waals surface area contributed by atoms with E-state index in [1.165, 1.54) is 29.2 Å². The van der Waals surface area contributed by atoms with Crippen LogP contribution in [0.1, 0.15) is 5.56 Å². The van der Waals surface area contributed by atoms with E-state index in [-0.39, 0.29) is 24.6 Å². The third-order valence-electron chi connectivity index (χ3n) is 3.35. The number of hydrogen-bond acceptors (Lipinski definition) is 5. The normalized spacial score (nSPS) is 18.3. The van der Waals surface area contributed by atoms with E-state index in [2.05, 4.69) is 5.32 Å². The highest BCUT2D eigenvalue weighted by molar-refractivity contribution is 5.85. The standard InChI is InChI=1S/C13H15N3O5/c17-12(15-6-5-14-8-11(15)13(18)19)7-9-1-3-10(4-2-9)16(20)21/h1-4,11,14H,5-8H2,(H,18,19). The maximum atomic E-state index is 12.2. The first-order chi connectivity index (χ1) is 9.99. The molecule has 0 aliphatic carbocycles. The monoisotopic (exact) mass is 293 g/mol. The molecule has 0 saturated carbocycles. The Bertz CT molecular complexity index is 557. The number of carboxylic acid groups (broad SMARTS) is 1. The molecule has 1 atom stereocenters. The van der Waals surface area contributed by atoms with Gasteiger partial charge in [-0.15, -0.1) is 0 Å². The minimum absolute atomic E-state index is 0.0295. The summed E-state index contributed by atoms with van der Waals surface area (Å²) < 4.78 is 0. The van der Waals surface area contributed by atoms with Gasteiger partial charge < -0.3 is 15.3 Å². The van der Waals surface area contributed by atoms with Crippen LogP contribution in [0.2, 0.25) is 0 Å². The molecule has 1 fully saturated rings. The minimum atomic E-state index is -1.04. The minimum Gasteiger partial charge on any atom is -0.480 e. The van der Waals surface area contributed by atoms with Crippen LogP contribution in [0.25, 0.3) is 0 Å². The van der Waals surface area contributed by atoms with E-state index < -0.39 is 16.9 Å². The number of nitro groups is 1. The first-order valence-corrected chi connectivity index (χ1v) is 6.45. The van der Waals surface area contributed by atoms with Crippen LogP contribution in [0.3, 0.4) is 0 Å². The Kier molecular flexibility index (Phi) is 4.49. The molecule has 1 saturated heterocycles. The fraction of sp³-hybridized carbons (Fsp3) is 0.385. The molecule has 21 heavy (non-hydrogen) atoms. The fourth-order valence-corrected chi connectivity index (χ4v) is 2.24. The summed E-state index contributed by atoms with van der Waals surface area (Å²) in [6.45, 7) is 1.11. The van der Waals surface area contributed by atoms with Gasteiger partial charge in [0, 0.05) is 31.8 Å². The predicted molar refractivity (Wildman–Crippen MR) is 72.8 cm³/mol. The van der Waals surface area contributed by atoms with Crippen molar-refractivity contribution >= 4 is 17.6 Å². The van der Waals surface area contributed by atoms with Crippen molar-refractivity contribution in [2.45, 2.75) is 12.5 Å². The summed E-state index contributed by atoms with van der Waals surface area (Å²) >= 11 is 0. The SMILES string of the molecule is O=C(O)C1CNCCN1C(=O)Cc1ccc([N+](=O)[O-])cc1. The van der Waals surface area contributed by atoms with E-state index in [0.29, 0.717) is 18.7 Å². The highest BCUT2D eigenvalue weighted by Gasteiger charge is 2.31. The van der Waals surface area contributed by atoms with Gasteiger partial charge in [0.15, 0.2) is 0 Å². The molecule has 1 aliphatic heterocycles. The molecule has 8 heteroatoms. The Balaban J connectivity index is 2.05. The molecular formula is C13H15N3O5. The van der Waals surface area contributed by atoms with Crippen molar-refractivity contribution in [1.82, 2.24) is 10.2 Å². The number of benzene rings is 1. The lowest BCUT2D eigenvalue weighted by Crippen LogP contribution is -2.57. The van der Waals surface area contributed by atoms with E-state index in [1.54, 1.807) is 0 Å². The molecule has 1 amide bonds. The van der Waals surface area contributed by atoms with Crippen molar-refractivity contribution < 1.29 is 19.6 Å². The highest BCUT2D eigenvalue weighted by Crippen LogP contribution is 2.14. The third kappa shape index (κ3) is 3.54. The van der Waals surface area contributed by atoms with Gasteiger partial charge in [-0.2, -0.15) is 0 Å². The average molecular weight is 293 g/mol. The van der Waals surface area contributed by atoms with Gasteiger partial charge in [0.05, 0.1) is 11.3 Å². The van der Waals surface area contributed by atoms with Crippen LogP contribution < -0.4 is 5.32 Å². The zero-order valence-corrected chi connectivity index (χ0v) is 11.2. The lowest BCUT2D eigenvalue weighted by atomic mass is 10.1. The summed E-state index contributed by atoms with van der Waals surface area (Å²) in [7, 11) is 0. The van der Waals surface area contributed by atoms with Gasteiger partial charge in [-0.05, 0) is 5.56 Å². The van der Waals surface area contributed by atoms with E-state index in [0.717, 1.165) is 0 Å². The molecule has 1 aliphatic rings. The van der Waals surface area contributed by atoms with E-state index in [1.807, 2.05) is 0 Å². The highest BCUT2D eigenvalue weighted by atomic mass is 16.6. The summed E-state index contributed by atoms with van der Waals surface area (Å²) in [6.07, 6.45) is 0.0295. The number of nitrogens with one attached hydrogen (secondary N) is 1. The number of carboxylic acids is 1. The number of piperazine rings is 1. The lowest BCUT2D eigenvalue weighted by Gasteiger charge is -2.33. The van der Waals surface area contributed by atoms with Gasteiger partial charge >= 0.3 is 5.97 Å². The number of amides is 1. The molecule has 0 bridgehead atoms. The Morgan fingerprint density at radius 2 is 2.05 bits per heavy atom. The average Bonchev–Trinajstić information content (AvgIpc) is 2.47. The van der Waals surface area contributed by atoms with Crippen molar-refractivity contribution in [3.63, 3.8) is 0 Å². The number of rotatable bonds is 4. The molecule has 1 aromatic rings. The fourth-order valence-electron chi connectivity index (χ4n) is 2.24. The quantitative estimate of drug-likeness (QED) is 0.598. The van der Waals surface area contributed by atoms with Crippen LogP contribution in [0.15, 0.2) is 24.3 Å². The van der Waals surface area contributed by atoms with E-state index >= 15 is 0 Å². The van der Waals surface area contributed by atoms with Crippen molar-refractivity contribution in [3.8, 4) is 0 Å². The van der Waals surface area contributed by atoms with Crippen molar-refractivity contribution in [1.29, 1.82) is 0 Å². The first kappa shape index (κ1) is 14.9. The summed E-state index contributed by atoms with van der Waals surface area (Å²) in [6, 6.07) is 4.80. The Hall–Kier alpha value is -2.48. The van der Waals surface area contributed by atoms with Gasteiger partial charge in [0.25, 0.3) is 5.69 Å². The van der Waals surface area contributed by atoms with E-state index in [4.69, 9.17) is 5.11 Å². The summed E-state index contributed by atoms with van der Waals surface area (Å²) in [4.78, 5) is 34.7. The van der Waals surface area contributed by atoms with Crippen LogP contribution in [0, 0.1) is 10.1 Å². The number of non-ortho nitro benzene ring substituents is 1. The zero-order chi connectivity index (χ0) is 15.4. The Labute approximate surface area is 120 Å². The number of carbonyl (C=O) groups is 2. The molecular weight excluding hydrogens is 278 g/mol. The molecule has 2 N–H and O–H groups in total. The molecule has 2 rings (SSSR count). The van der Waals surface area contributed by atoms with Gasteiger partial charge in [-0.1, -0.05) is 12.1 Å². The largest absolute Gasteiger partial charge is 0.480 e. The molecule has 0 aromatic heterocycles. The molecule has 0 spiro atoms. The summed E-state index contributed by atoms with van der Waals surface area (Å²) in [5, 5.41) is 22.6. The van der Waals surface area contributed by atoms with E-state index in [9.17, 15) is 19.7 Å². The molecule has 1 aromatic carbocycles. The second kappa shape index (κ2) is 6.31. The van der Waals surface area contributed by atoms with Gasteiger partial charge in [0.2, 0.25) is 5.91 Å². The number of hydrogen-bond donors (Lipinski definition) is 2. The predicted octanol–water partition coefficient (Wildman–Crippen LogP) is 0.0223. The molecule has 112 valence electrons. The second-order valence-corrected chi connectivity index (χ2v) is 4.75. The van der Waals surface area contributed by atoms with Crippen molar-refractivity contribution in [2.24, 2.45) is 0 Å². The lowest BCUT2D eigenvalue weighted by molar-refractivity contribution is -0.384. The van der Waals surface area contributed by atoms with Crippen molar-refractivity contribution in [3.05, 3.63) is 39.9 Å². The van der Waals surface area contributed by atoms with Crippen LogP contribution in [-0.2, 0) is 16.0 Å². The summed E-state index contributed by atoms with van der Waals surface area (Å²) in [5.74, 6) is -1.34. The molecule has 1 unspecified atom stereocenters. The number of nitro benzene ring substituents is 1. The van der Waals surface area contributed by atoms with Crippen LogP contribution in [-0.4, -0.2) is 52.5 Å². The second-order valence-electron chi connectivity index (χ2n) is 4.75. The van der Waals surface area contributed by atoms with Crippen LogP contribution >= 0.6 is 0 Å². The molecule has 0 radical (unpaired) electrons. The van der Waals surface area contributed by atoms with Crippen molar-refractivity contribution in [2.75, 3.05) is 19.6 Å². The number of nitrogens with zero attached hydrogens (tertiary/aromatic N) is 2. The Morgan fingerprint density at radius 1 is 1.38 bits per heavy atom. The number of aliphatic carboxylic acids is 1. The van der Waals surface area contributed by atoms with Crippen LogP contribution in [0.5, 0.6) is 0 Å². The molecule has 8 nitrogen and oxygen atoms in total. The first-order valence-electron chi connectivity index (χ1n) is 6.45.